The Labute approximate surface area is 208 Å². The van der Waals surface area contributed by atoms with Crippen LogP contribution in [0, 0.1) is 5.92 Å². The minimum Gasteiger partial charge on any atom is -0.396 e. The summed E-state index contributed by atoms with van der Waals surface area (Å²) >= 11 is 1.53. The quantitative estimate of drug-likeness (QED) is 0.287. The van der Waals surface area contributed by atoms with Crippen LogP contribution >= 0.6 is 11.3 Å². The van der Waals surface area contributed by atoms with Crippen LogP contribution in [0.5, 0.6) is 0 Å². The molecule has 8 nitrogen and oxygen atoms in total. The summed E-state index contributed by atoms with van der Waals surface area (Å²) in [6.45, 7) is 1.87. The summed E-state index contributed by atoms with van der Waals surface area (Å²) in [4.78, 5) is 12.9. The predicted molar refractivity (Wildman–Crippen MR) is 138 cm³/mol. The molecule has 1 aromatic carbocycles. The Morgan fingerprint density at radius 2 is 1.89 bits per heavy atom. The second kappa shape index (κ2) is 9.56. The Morgan fingerprint density at radius 3 is 2.63 bits per heavy atom. The number of fused-ring (bicyclic) bond motifs is 1. The van der Waals surface area contributed by atoms with E-state index < -0.39 is 6.10 Å². The molecule has 4 N–H and O–H groups in total. The lowest BCUT2D eigenvalue weighted by molar-refractivity contribution is 0.182. The van der Waals surface area contributed by atoms with Crippen LogP contribution in [0.1, 0.15) is 53.8 Å². The molecule has 1 aliphatic heterocycles. The highest BCUT2D eigenvalue weighted by atomic mass is 32.1. The molecule has 1 unspecified atom stereocenters. The lowest BCUT2D eigenvalue weighted by Crippen LogP contribution is -2.35. The number of piperidine rings is 1. The Hall–Kier alpha value is -3.01. The Bertz CT molecular complexity index is 1290. The maximum Gasteiger partial charge on any atom is 0.227 e. The first kappa shape index (κ1) is 22.5. The van der Waals surface area contributed by atoms with Crippen LogP contribution in [0.3, 0.4) is 0 Å². The van der Waals surface area contributed by atoms with Crippen molar-refractivity contribution in [3.05, 3.63) is 58.6 Å². The molecule has 6 rings (SSSR count). The van der Waals surface area contributed by atoms with E-state index in [4.69, 9.17) is 9.97 Å². The van der Waals surface area contributed by atoms with Gasteiger partial charge in [-0.25, -0.2) is 4.98 Å². The monoisotopic (exact) mass is 490 g/mol. The number of aliphatic hydroxyl groups excluding tert-OH is 2. The summed E-state index contributed by atoms with van der Waals surface area (Å²) in [7, 11) is 0. The highest BCUT2D eigenvalue weighted by Gasteiger charge is 2.26. The minimum absolute atomic E-state index is 0.232. The second-order valence-corrected chi connectivity index (χ2v) is 10.7. The van der Waals surface area contributed by atoms with Crippen molar-refractivity contribution in [1.82, 2.24) is 20.2 Å². The van der Waals surface area contributed by atoms with Crippen LogP contribution in [-0.2, 0) is 6.42 Å². The first-order chi connectivity index (χ1) is 17.2. The van der Waals surface area contributed by atoms with E-state index in [0.717, 1.165) is 58.1 Å². The van der Waals surface area contributed by atoms with Gasteiger partial charge in [0.2, 0.25) is 5.95 Å². The molecule has 0 amide bonds. The van der Waals surface area contributed by atoms with Crippen molar-refractivity contribution in [2.75, 3.05) is 29.9 Å². The van der Waals surface area contributed by atoms with Crippen molar-refractivity contribution >= 4 is 39.1 Å². The van der Waals surface area contributed by atoms with Gasteiger partial charge in [-0.05, 0) is 43.2 Å². The van der Waals surface area contributed by atoms with Gasteiger partial charge in [0.15, 0.2) is 11.6 Å². The number of H-pyrrole nitrogens is 1. The molecule has 1 atom stereocenters. The number of benzene rings is 1. The molecule has 1 saturated carbocycles. The minimum atomic E-state index is -0.611. The Kier molecular flexibility index (Phi) is 6.13. The number of hydrogen-bond acceptors (Lipinski definition) is 8. The van der Waals surface area contributed by atoms with Crippen LogP contribution in [0.15, 0.2) is 42.5 Å². The molecule has 2 aliphatic rings. The normalized spacial score (nSPS) is 17.7. The molecule has 0 radical (unpaired) electrons. The van der Waals surface area contributed by atoms with Crippen LogP contribution in [-0.4, -0.2) is 50.1 Å². The van der Waals surface area contributed by atoms with E-state index in [9.17, 15) is 10.2 Å². The lowest BCUT2D eigenvalue weighted by atomic mass is 9.98. The Balaban J connectivity index is 1.32. The van der Waals surface area contributed by atoms with E-state index in [1.165, 1.54) is 24.2 Å². The molecule has 0 bridgehead atoms. The number of nitrogens with zero attached hydrogens (tertiary/aromatic N) is 4. The SMILES string of the molecule is OCC1CCN(c2nc(Nc3cc(C4CC4)[nH]n3)c3sc(C(O)Cc4ccccc4)cc3n2)CC1. The number of rotatable bonds is 8. The van der Waals surface area contributed by atoms with Gasteiger partial charge in [0, 0.05) is 48.7 Å². The summed E-state index contributed by atoms with van der Waals surface area (Å²) in [5.74, 6) is 3.07. The molecule has 182 valence electrons. The van der Waals surface area contributed by atoms with E-state index in [1.54, 1.807) is 0 Å². The molecule has 1 aliphatic carbocycles. The van der Waals surface area contributed by atoms with E-state index in [0.29, 0.717) is 30.0 Å². The molecule has 35 heavy (non-hydrogen) atoms. The maximum absolute atomic E-state index is 11.0. The maximum atomic E-state index is 11.0. The average Bonchev–Trinajstić information content (AvgIpc) is 3.47. The summed E-state index contributed by atoms with van der Waals surface area (Å²) in [6, 6.07) is 14.1. The number of aliphatic hydroxyl groups is 2. The predicted octanol–water partition coefficient (Wildman–Crippen LogP) is 4.52. The van der Waals surface area contributed by atoms with Gasteiger partial charge in [-0.1, -0.05) is 30.3 Å². The topological polar surface area (TPSA) is 110 Å². The molecule has 1 saturated heterocycles. The van der Waals surface area contributed by atoms with E-state index in [1.807, 2.05) is 36.4 Å². The number of hydrogen-bond donors (Lipinski definition) is 4. The first-order valence-electron chi connectivity index (χ1n) is 12.4. The molecule has 3 aromatic heterocycles. The number of aromatic nitrogens is 4. The van der Waals surface area contributed by atoms with Crippen molar-refractivity contribution < 1.29 is 10.2 Å². The largest absolute Gasteiger partial charge is 0.396 e. The summed E-state index contributed by atoms with van der Waals surface area (Å²) in [6.07, 6.45) is 4.21. The first-order valence-corrected chi connectivity index (χ1v) is 13.2. The Morgan fingerprint density at radius 1 is 1.09 bits per heavy atom. The van der Waals surface area contributed by atoms with E-state index in [2.05, 4.69) is 26.5 Å². The number of aromatic amines is 1. The van der Waals surface area contributed by atoms with Gasteiger partial charge in [-0.2, -0.15) is 10.1 Å². The fraction of sp³-hybridized carbons (Fsp3) is 0.423. The van der Waals surface area contributed by atoms with Crippen molar-refractivity contribution in [2.24, 2.45) is 5.92 Å². The fourth-order valence-corrected chi connectivity index (χ4v) is 5.73. The molecule has 4 aromatic rings. The van der Waals surface area contributed by atoms with Crippen LogP contribution in [0.2, 0.25) is 0 Å². The van der Waals surface area contributed by atoms with Crippen molar-refractivity contribution in [3.63, 3.8) is 0 Å². The summed E-state index contributed by atoms with van der Waals surface area (Å²) in [5, 5.41) is 31.5. The second-order valence-electron chi connectivity index (χ2n) is 9.66. The van der Waals surface area contributed by atoms with Gasteiger partial charge < -0.3 is 20.4 Å². The van der Waals surface area contributed by atoms with E-state index in [-0.39, 0.29) is 6.61 Å². The molecule has 4 heterocycles. The highest BCUT2D eigenvalue weighted by Crippen LogP contribution is 2.41. The number of nitrogens with one attached hydrogen (secondary N) is 2. The number of thiophene rings is 1. The van der Waals surface area contributed by atoms with Crippen molar-refractivity contribution in [1.29, 1.82) is 0 Å². The molecular formula is C26H30N6O2S. The standard InChI is InChI=1S/C26H30N6O2S/c33-15-17-8-10-32(11-9-17)26-27-20-13-22(21(34)12-16-4-2-1-3-5-16)35-24(20)25(29-26)28-23-14-19(30-31-23)18-6-7-18/h1-5,13-14,17-18,21,33-34H,6-12,15H2,(H2,27,28,29,30,31). The molecule has 0 spiro atoms. The molecule has 9 heteroatoms. The summed E-state index contributed by atoms with van der Waals surface area (Å²) < 4.78 is 0.914. The molecule has 2 fully saturated rings. The van der Waals surface area contributed by atoms with Gasteiger partial charge in [0.25, 0.3) is 0 Å². The van der Waals surface area contributed by atoms with Gasteiger partial charge in [0.1, 0.15) is 0 Å². The third kappa shape index (κ3) is 4.89. The van der Waals surface area contributed by atoms with Crippen LogP contribution in [0.4, 0.5) is 17.6 Å². The fourth-order valence-electron chi connectivity index (χ4n) is 4.71. The van der Waals surface area contributed by atoms with Gasteiger partial charge in [-0.15, -0.1) is 11.3 Å². The molecular weight excluding hydrogens is 460 g/mol. The lowest BCUT2D eigenvalue weighted by Gasteiger charge is -2.31. The highest BCUT2D eigenvalue weighted by molar-refractivity contribution is 7.19. The third-order valence-electron chi connectivity index (χ3n) is 7.00. The van der Waals surface area contributed by atoms with Crippen molar-refractivity contribution in [3.8, 4) is 0 Å². The van der Waals surface area contributed by atoms with Gasteiger partial charge in [0.05, 0.1) is 16.3 Å². The van der Waals surface area contributed by atoms with Gasteiger partial charge in [-0.3, -0.25) is 5.10 Å². The van der Waals surface area contributed by atoms with E-state index >= 15 is 0 Å². The zero-order chi connectivity index (χ0) is 23.8. The zero-order valence-corrected chi connectivity index (χ0v) is 20.3. The summed E-state index contributed by atoms with van der Waals surface area (Å²) in [5.41, 5.74) is 3.08. The van der Waals surface area contributed by atoms with Crippen LogP contribution in [0.25, 0.3) is 10.2 Å². The smallest absolute Gasteiger partial charge is 0.227 e. The average molecular weight is 491 g/mol. The van der Waals surface area contributed by atoms with Gasteiger partial charge >= 0.3 is 0 Å². The zero-order valence-electron chi connectivity index (χ0n) is 19.5. The third-order valence-corrected chi connectivity index (χ3v) is 8.23. The van der Waals surface area contributed by atoms with Crippen molar-refractivity contribution in [2.45, 2.75) is 44.1 Å². The van der Waals surface area contributed by atoms with Crippen LogP contribution < -0.4 is 10.2 Å². The number of anilines is 3.